The molecular formula is C37H74O. The summed E-state index contributed by atoms with van der Waals surface area (Å²) in [6, 6.07) is 0. The minimum absolute atomic E-state index is 0.353. The molecule has 0 spiro atoms. The molecule has 0 aromatic rings. The van der Waals surface area contributed by atoms with Crippen molar-refractivity contribution >= 4 is 5.78 Å². The van der Waals surface area contributed by atoms with E-state index >= 15 is 0 Å². The standard InChI is InChI=1S/C37H74O/c1-3-4-5-6-7-8-9-10-11-12-13-14-15-16-17-18-19-20-21-22-23-24-25-26-27-28-29-30-31-32-33-34-35-36-37(2)38/h3-36H2,1-2H3. The lowest BCUT2D eigenvalue weighted by atomic mass is 10.0. The first-order chi connectivity index (χ1) is 18.8. The van der Waals surface area contributed by atoms with Gasteiger partial charge in [-0.25, -0.2) is 0 Å². The van der Waals surface area contributed by atoms with E-state index in [2.05, 4.69) is 6.92 Å². The Balaban J connectivity index is 3.02. The van der Waals surface area contributed by atoms with E-state index < -0.39 is 0 Å². The minimum atomic E-state index is 0.353. The van der Waals surface area contributed by atoms with Crippen molar-refractivity contribution in [3.63, 3.8) is 0 Å². The third kappa shape index (κ3) is 35.7. The molecule has 0 saturated heterocycles. The topological polar surface area (TPSA) is 17.1 Å². The predicted octanol–water partition coefficient (Wildman–Crippen LogP) is 13.9. The molecule has 0 radical (unpaired) electrons. The van der Waals surface area contributed by atoms with E-state index in [-0.39, 0.29) is 0 Å². The molecule has 0 bridgehead atoms. The van der Waals surface area contributed by atoms with Crippen molar-refractivity contribution in [1.29, 1.82) is 0 Å². The number of Topliss-reactive ketones (excluding diaryl/α,β-unsaturated/α-hetero) is 1. The van der Waals surface area contributed by atoms with E-state index in [0.29, 0.717) is 5.78 Å². The number of rotatable bonds is 34. The second kappa shape index (κ2) is 34.7. The van der Waals surface area contributed by atoms with E-state index in [1.54, 1.807) is 6.92 Å². The summed E-state index contributed by atoms with van der Waals surface area (Å²) in [6.45, 7) is 4.02. The summed E-state index contributed by atoms with van der Waals surface area (Å²) >= 11 is 0. The largest absolute Gasteiger partial charge is 0.300 e. The fraction of sp³-hybridized carbons (Fsp3) is 0.973. The van der Waals surface area contributed by atoms with E-state index in [0.717, 1.165) is 12.8 Å². The highest BCUT2D eigenvalue weighted by molar-refractivity contribution is 5.75. The van der Waals surface area contributed by atoms with Crippen molar-refractivity contribution in [2.24, 2.45) is 0 Å². The highest BCUT2D eigenvalue weighted by Gasteiger charge is 1.98. The van der Waals surface area contributed by atoms with Crippen LogP contribution in [0.25, 0.3) is 0 Å². The van der Waals surface area contributed by atoms with Crippen LogP contribution < -0.4 is 0 Å². The maximum atomic E-state index is 10.9. The molecule has 0 N–H and O–H groups in total. The van der Waals surface area contributed by atoms with Crippen molar-refractivity contribution in [1.82, 2.24) is 0 Å². The molecule has 228 valence electrons. The van der Waals surface area contributed by atoms with Crippen molar-refractivity contribution in [2.45, 2.75) is 232 Å². The molecule has 0 atom stereocenters. The van der Waals surface area contributed by atoms with Crippen LogP contribution in [-0.4, -0.2) is 5.78 Å². The SMILES string of the molecule is CCCCCCCCCCCCCCCCCCCCCCCCCCCCCCCCCCCC(C)=O. The first-order valence-electron chi connectivity index (χ1n) is 18.3. The molecule has 1 nitrogen and oxygen atoms in total. The molecule has 0 aromatic heterocycles. The Morgan fingerprint density at radius 1 is 0.289 bits per heavy atom. The zero-order valence-corrected chi connectivity index (χ0v) is 26.9. The summed E-state index contributed by atoms with van der Waals surface area (Å²) < 4.78 is 0. The van der Waals surface area contributed by atoms with Crippen LogP contribution in [-0.2, 0) is 4.79 Å². The number of hydrogen-bond acceptors (Lipinski definition) is 1. The van der Waals surface area contributed by atoms with E-state index in [9.17, 15) is 4.79 Å². The molecular weight excluding hydrogens is 460 g/mol. The van der Waals surface area contributed by atoms with Crippen molar-refractivity contribution in [2.75, 3.05) is 0 Å². The predicted molar refractivity (Wildman–Crippen MR) is 173 cm³/mol. The highest BCUT2D eigenvalue weighted by atomic mass is 16.1. The first-order valence-corrected chi connectivity index (χ1v) is 18.3. The summed E-state index contributed by atoms with van der Waals surface area (Å²) in [5.74, 6) is 0.353. The molecule has 0 aromatic carbocycles. The van der Waals surface area contributed by atoms with Gasteiger partial charge in [-0.3, -0.25) is 0 Å². The highest BCUT2D eigenvalue weighted by Crippen LogP contribution is 2.17. The Hall–Kier alpha value is -0.330. The van der Waals surface area contributed by atoms with Crippen LogP contribution in [0.15, 0.2) is 0 Å². The lowest BCUT2D eigenvalue weighted by Gasteiger charge is -2.05. The van der Waals surface area contributed by atoms with Crippen molar-refractivity contribution in [3.05, 3.63) is 0 Å². The molecule has 0 aliphatic rings. The Kier molecular flexibility index (Phi) is 34.4. The van der Waals surface area contributed by atoms with Crippen LogP contribution in [0, 0.1) is 0 Å². The van der Waals surface area contributed by atoms with Gasteiger partial charge in [0.15, 0.2) is 0 Å². The van der Waals surface area contributed by atoms with Gasteiger partial charge in [-0.1, -0.05) is 212 Å². The Bertz CT molecular complexity index is 428. The van der Waals surface area contributed by atoms with Crippen LogP contribution in [0.4, 0.5) is 0 Å². The van der Waals surface area contributed by atoms with Crippen LogP contribution in [0.5, 0.6) is 0 Å². The van der Waals surface area contributed by atoms with Gasteiger partial charge in [0.05, 0.1) is 0 Å². The maximum absolute atomic E-state index is 10.9. The molecule has 0 fully saturated rings. The lowest BCUT2D eigenvalue weighted by Crippen LogP contribution is -1.89. The second-order valence-electron chi connectivity index (χ2n) is 12.8. The number of carbonyl (C=O) groups is 1. The molecule has 0 aliphatic carbocycles. The van der Waals surface area contributed by atoms with Gasteiger partial charge in [0, 0.05) is 6.42 Å². The van der Waals surface area contributed by atoms with Gasteiger partial charge < -0.3 is 4.79 Å². The van der Waals surface area contributed by atoms with E-state index in [4.69, 9.17) is 0 Å². The van der Waals surface area contributed by atoms with Crippen LogP contribution in [0.2, 0.25) is 0 Å². The number of carbonyl (C=O) groups excluding carboxylic acids is 1. The first kappa shape index (κ1) is 37.7. The second-order valence-corrected chi connectivity index (χ2v) is 12.8. The Morgan fingerprint density at radius 2 is 0.447 bits per heavy atom. The number of hydrogen-bond donors (Lipinski definition) is 0. The lowest BCUT2D eigenvalue weighted by molar-refractivity contribution is -0.117. The quantitative estimate of drug-likeness (QED) is 0.0750. The van der Waals surface area contributed by atoms with Crippen LogP contribution in [0.3, 0.4) is 0 Å². The summed E-state index contributed by atoms with van der Waals surface area (Å²) in [5, 5.41) is 0. The monoisotopic (exact) mass is 535 g/mol. The number of ketones is 1. The van der Waals surface area contributed by atoms with Crippen LogP contribution in [0.1, 0.15) is 232 Å². The summed E-state index contributed by atoms with van der Waals surface area (Å²) in [4.78, 5) is 10.9. The normalized spacial score (nSPS) is 11.4. The zero-order chi connectivity index (χ0) is 27.6. The fourth-order valence-corrected chi connectivity index (χ4v) is 5.93. The minimum Gasteiger partial charge on any atom is -0.300 e. The van der Waals surface area contributed by atoms with Gasteiger partial charge in [0.1, 0.15) is 5.78 Å². The van der Waals surface area contributed by atoms with E-state index in [1.807, 2.05) is 0 Å². The Morgan fingerprint density at radius 3 is 0.605 bits per heavy atom. The van der Waals surface area contributed by atoms with Gasteiger partial charge in [-0.15, -0.1) is 0 Å². The van der Waals surface area contributed by atoms with Gasteiger partial charge in [0.25, 0.3) is 0 Å². The summed E-state index contributed by atoms with van der Waals surface area (Å²) in [6.07, 6.45) is 48.4. The molecule has 0 saturated carbocycles. The smallest absolute Gasteiger partial charge is 0.129 e. The zero-order valence-electron chi connectivity index (χ0n) is 26.9. The molecule has 0 amide bonds. The van der Waals surface area contributed by atoms with E-state index in [1.165, 1.54) is 205 Å². The molecule has 0 aliphatic heterocycles. The Labute approximate surface area is 242 Å². The third-order valence-corrected chi connectivity index (χ3v) is 8.63. The molecule has 38 heavy (non-hydrogen) atoms. The maximum Gasteiger partial charge on any atom is 0.129 e. The summed E-state index contributed by atoms with van der Waals surface area (Å²) in [7, 11) is 0. The summed E-state index contributed by atoms with van der Waals surface area (Å²) in [5.41, 5.74) is 0. The van der Waals surface area contributed by atoms with Crippen molar-refractivity contribution in [3.8, 4) is 0 Å². The van der Waals surface area contributed by atoms with Gasteiger partial charge in [-0.2, -0.15) is 0 Å². The van der Waals surface area contributed by atoms with Gasteiger partial charge in [0.2, 0.25) is 0 Å². The molecule has 0 rings (SSSR count). The fourth-order valence-electron chi connectivity index (χ4n) is 5.93. The molecule has 0 heterocycles. The average molecular weight is 535 g/mol. The van der Waals surface area contributed by atoms with Crippen LogP contribution >= 0.6 is 0 Å². The van der Waals surface area contributed by atoms with Gasteiger partial charge in [-0.05, 0) is 13.3 Å². The average Bonchev–Trinajstić information content (AvgIpc) is 2.91. The molecule has 1 heteroatoms. The van der Waals surface area contributed by atoms with Gasteiger partial charge >= 0.3 is 0 Å². The van der Waals surface area contributed by atoms with Crippen molar-refractivity contribution < 1.29 is 4.79 Å². The number of unbranched alkanes of at least 4 members (excludes halogenated alkanes) is 32. The third-order valence-electron chi connectivity index (χ3n) is 8.63. The molecule has 0 unspecified atom stereocenters.